The number of furan rings is 1. The molecule has 0 aliphatic carbocycles. The smallest absolute Gasteiger partial charge is 0.374 e. The number of rotatable bonds is 5. The topological polar surface area (TPSA) is 94.6 Å². The Morgan fingerprint density at radius 1 is 1.35 bits per heavy atom. The zero-order valence-electron chi connectivity index (χ0n) is 11.1. The first-order chi connectivity index (χ1) is 9.60. The summed E-state index contributed by atoms with van der Waals surface area (Å²) in [5.41, 5.74) is 6.83. The molecular formula is C14H16N2O4. The molecule has 1 heterocycles. The average molecular weight is 276 g/mol. The van der Waals surface area contributed by atoms with Crippen molar-refractivity contribution in [2.24, 2.45) is 0 Å². The summed E-state index contributed by atoms with van der Waals surface area (Å²) in [6.45, 7) is 0.172. The van der Waals surface area contributed by atoms with E-state index in [4.69, 9.17) is 14.9 Å². The van der Waals surface area contributed by atoms with Crippen LogP contribution in [0.4, 0.5) is 5.69 Å². The lowest BCUT2D eigenvalue weighted by Gasteiger charge is -2.02. The number of hydrogen-bond acceptors (Lipinski definition) is 5. The molecule has 0 aliphatic heterocycles. The molecule has 2 aromatic rings. The normalized spacial score (nSPS) is 10.4. The molecule has 2 rings (SSSR count). The Morgan fingerprint density at radius 2 is 2.15 bits per heavy atom. The molecule has 0 saturated heterocycles. The van der Waals surface area contributed by atoms with Crippen LogP contribution in [0.1, 0.15) is 23.4 Å². The van der Waals surface area contributed by atoms with Gasteiger partial charge < -0.3 is 20.2 Å². The maximum Gasteiger partial charge on any atom is 0.374 e. The van der Waals surface area contributed by atoms with Crippen LogP contribution in [0, 0.1) is 0 Å². The van der Waals surface area contributed by atoms with Gasteiger partial charge in [0.05, 0.1) is 6.61 Å². The summed E-state index contributed by atoms with van der Waals surface area (Å²) >= 11 is 0. The highest BCUT2D eigenvalue weighted by atomic mass is 16.5. The van der Waals surface area contributed by atoms with Gasteiger partial charge in [-0.25, -0.2) is 4.79 Å². The zero-order valence-corrected chi connectivity index (χ0v) is 11.1. The minimum absolute atomic E-state index is 0.0831. The van der Waals surface area contributed by atoms with Gasteiger partial charge in [0.25, 0.3) is 0 Å². The van der Waals surface area contributed by atoms with Crippen molar-refractivity contribution in [3.05, 3.63) is 30.0 Å². The summed E-state index contributed by atoms with van der Waals surface area (Å²) in [5.74, 6) is -0.498. The van der Waals surface area contributed by atoms with Crippen molar-refractivity contribution in [2.75, 3.05) is 19.4 Å². The fourth-order valence-electron chi connectivity index (χ4n) is 1.76. The highest BCUT2D eigenvalue weighted by molar-refractivity contribution is 5.93. The molecule has 1 aromatic carbocycles. The van der Waals surface area contributed by atoms with Crippen LogP contribution in [0.5, 0.6) is 0 Å². The largest absolute Gasteiger partial charge is 0.460 e. The van der Waals surface area contributed by atoms with Crippen molar-refractivity contribution < 1.29 is 18.7 Å². The Kier molecular flexibility index (Phi) is 4.24. The summed E-state index contributed by atoms with van der Waals surface area (Å²) in [4.78, 5) is 22.8. The van der Waals surface area contributed by atoms with Gasteiger partial charge in [0.1, 0.15) is 5.58 Å². The number of esters is 1. The number of nitrogens with one attached hydrogen (secondary N) is 1. The van der Waals surface area contributed by atoms with E-state index in [0.29, 0.717) is 24.1 Å². The molecule has 0 spiro atoms. The van der Waals surface area contributed by atoms with Crippen molar-refractivity contribution in [1.29, 1.82) is 0 Å². The number of nitrogens with two attached hydrogens (primary N) is 1. The van der Waals surface area contributed by atoms with Gasteiger partial charge in [-0.15, -0.1) is 0 Å². The predicted molar refractivity (Wildman–Crippen MR) is 74.2 cm³/mol. The van der Waals surface area contributed by atoms with E-state index in [1.807, 2.05) is 0 Å². The fourth-order valence-corrected chi connectivity index (χ4v) is 1.76. The van der Waals surface area contributed by atoms with E-state index in [0.717, 1.165) is 5.39 Å². The van der Waals surface area contributed by atoms with Crippen LogP contribution >= 0.6 is 0 Å². The minimum atomic E-state index is -0.545. The van der Waals surface area contributed by atoms with Gasteiger partial charge >= 0.3 is 5.97 Å². The third-order valence-electron chi connectivity index (χ3n) is 2.80. The molecule has 0 fully saturated rings. The molecule has 3 N–H and O–H groups in total. The second-order valence-electron chi connectivity index (χ2n) is 4.32. The standard InChI is InChI=1S/C14H16N2O4/c1-16-13(17)3-2-6-19-14(18)12-8-9-7-10(15)4-5-11(9)20-12/h4-5,7-8H,2-3,6,15H2,1H3,(H,16,17). The van der Waals surface area contributed by atoms with E-state index < -0.39 is 5.97 Å². The molecule has 1 amide bonds. The zero-order chi connectivity index (χ0) is 14.5. The maximum atomic E-state index is 11.8. The van der Waals surface area contributed by atoms with Crippen LogP contribution in [-0.2, 0) is 9.53 Å². The average Bonchev–Trinajstić information content (AvgIpc) is 2.86. The Bertz CT molecular complexity index is 633. The van der Waals surface area contributed by atoms with Crippen LogP contribution < -0.4 is 11.1 Å². The van der Waals surface area contributed by atoms with Crippen LogP contribution in [-0.4, -0.2) is 25.5 Å². The minimum Gasteiger partial charge on any atom is -0.460 e. The lowest BCUT2D eigenvalue weighted by molar-refractivity contribution is -0.120. The molecule has 6 heteroatoms. The van der Waals surface area contributed by atoms with Crippen LogP contribution in [0.3, 0.4) is 0 Å². The van der Waals surface area contributed by atoms with Crippen molar-refractivity contribution in [3.63, 3.8) is 0 Å². The molecule has 0 saturated carbocycles. The lowest BCUT2D eigenvalue weighted by Crippen LogP contribution is -2.18. The molecule has 0 bridgehead atoms. The summed E-state index contributed by atoms with van der Waals surface area (Å²) < 4.78 is 10.4. The van der Waals surface area contributed by atoms with E-state index in [1.165, 1.54) is 0 Å². The Hall–Kier alpha value is -2.50. The van der Waals surface area contributed by atoms with Crippen molar-refractivity contribution >= 4 is 28.5 Å². The van der Waals surface area contributed by atoms with Crippen LogP contribution in [0.2, 0.25) is 0 Å². The van der Waals surface area contributed by atoms with Gasteiger partial charge in [0.2, 0.25) is 11.7 Å². The number of nitrogen functional groups attached to an aromatic ring is 1. The molecule has 6 nitrogen and oxygen atoms in total. The monoisotopic (exact) mass is 276 g/mol. The number of hydrogen-bond donors (Lipinski definition) is 2. The van der Waals surface area contributed by atoms with Crippen molar-refractivity contribution in [2.45, 2.75) is 12.8 Å². The fraction of sp³-hybridized carbons (Fsp3) is 0.286. The summed E-state index contributed by atoms with van der Waals surface area (Å²) in [6, 6.07) is 6.71. The SMILES string of the molecule is CNC(=O)CCCOC(=O)c1cc2cc(N)ccc2o1. The Morgan fingerprint density at radius 3 is 2.90 bits per heavy atom. The molecule has 20 heavy (non-hydrogen) atoms. The summed E-state index contributed by atoms with van der Waals surface area (Å²) in [6.07, 6.45) is 0.791. The summed E-state index contributed by atoms with van der Waals surface area (Å²) in [7, 11) is 1.56. The van der Waals surface area contributed by atoms with Gasteiger partial charge in [-0.05, 0) is 30.7 Å². The first-order valence-corrected chi connectivity index (χ1v) is 6.27. The first-order valence-electron chi connectivity index (χ1n) is 6.27. The Labute approximate surface area is 115 Å². The molecule has 0 atom stereocenters. The maximum absolute atomic E-state index is 11.8. The van der Waals surface area contributed by atoms with Gasteiger partial charge in [-0.3, -0.25) is 4.79 Å². The second-order valence-corrected chi connectivity index (χ2v) is 4.32. The van der Waals surface area contributed by atoms with E-state index >= 15 is 0 Å². The van der Waals surface area contributed by atoms with E-state index in [9.17, 15) is 9.59 Å². The first kappa shape index (κ1) is 13.9. The van der Waals surface area contributed by atoms with Crippen LogP contribution in [0.15, 0.2) is 28.7 Å². The number of carbonyl (C=O) groups is 2. The Balaban J connectivity index is 1.92. The van der Waals surface area contributed by atoms with Crippen molar-refractivity contribution in [3.8, 4) is 0 Å². The number of amides is 1. The molecule has 0 aliphatic rings. The van der Waals surface area contributed by atoms with Crippen LogP contribution in [0.25, 0.3) is 11.0 Å². The molecule has 1 aromatic heterocycles. The highest BCUT2D eigenvalue weighted by Crippen LogP contribution is 2.22. The molecule has 0 unspecified atom stereocenters. The molecule has 106 valence electrons. The van der Waals surface area contributed by atoms with Gasteiger partial charge in [-0.2, -0.15) is 0 Å². The number of fused-ring (bicyclic) bond motifs is 1. The quantitative estimate of drug-likeness (QED) is 0.492. The molecule has 0 radical (unpaired) electrons. The van der Waals surface area contributed by atoms with Gasteiger partial charge in [-0.1, -0.05) is 0 Å². The third-order valence-corrected chi connectivity index (χ3v) is 2.80. The van der Waals surface area contributed by atoms with Crippen molar-refractivity contribution in [1.82, 2.24) is 5.32 Å². The van der Waals surface area contributed by atoms with E-state index in [1.54, 1.807) is 31.3 Å². The number of anilines is 1. The molecular weight excluding hydrogens is 260 g/mol. The predicted octanol–water partition coefficient (Wildman–Crippen LogP) is 1.70. The van der Waals surface area contributed by atoms with E-state index in [2.05, 4.69) is 5.32 Å². The van der Waals surface area contributed by atoms with Gasteiger partial charge in [0.15, 0.2) is 0 Å². The van der Waals surface area contributed by atoms with E-state index in [-0.39, 0.29) is 18.3 Å². The number of carbonyl (C=O) groups excluding carboxylic acids is 2. The highest BCUT2D eigenvalue weighted by Gasteiger charge is 2.13. The summed E-state index contributed by atoms with van der Waals surface area (Å²) in [5, 5.41) is 3.25. The number of ether oxygens (including phenoxy) is 1. The second kappa shape index (κ2) is 6.10. The van der Waals surface area contributed by atoms with Gasteiger partial charge in [0, 0.05) is 24.5 Å². The number of benzene rings is 1. The lowest BCUT2D eigenvalue weighted by atomic mass is 10.2. The third kappa shape index (κ3) is 3.28.